The van der Waals surface area contributed by atoms with E-state index in [0.717, 1.165) is 33.8 Å². The Hall–Kier alpha value is -2.74. The zero-order chi connectivity index (χ0) is 18.8. The Labute approximate surface area is 157 Å². The number of aryl methyl sites for hydroxylation is 4. The summed E-state index contributed by atoms with van der Waals surface area (Å²) < 4.78 is 9.69. The van der Waals surface area contributed by atoms with Crippen LogP contribution in [0, 0.1) is 32.5 Å². The Morgan fingerprint density at radius 3 is 2.50 bits per heavy atom. The largest absolute Gasteiger partial charge is 0.486 e. The van der Waals surface area contributed by atoms with Crippen molar-refractivity contribution in [3.8, 4) is 5.75 Å². The molecule has 26 heavy (non-hydrogen) atoms. The summed E-state index contributed by atoms with van der Waals surface area (Å²) in [4.78, 5) is 0. The van der Waals surface area contributed by atoms with Crippen LogP contribution in [0.1, 0.15) is 33.9 Å². The van der Waals surface area contributed by atoms with Gasteiger partial charge in [0.25, 0.3) is 0 Å². The molecule has 0 radical (unpaired) electrons. The highest BCUT2D eigenvalue weighted by Gasteiger charge is 2.09. The first-order chi connectivity index (χ1) is 12.3. The molecular weight excluding hydrogens is 348 g/mol. The van der Waals surface area contributed by atoms with Crippen molar-refractivity contribution >= 4 is 18.4 Å². The van der Waals surface area contributed by atoms with E-state index in [1.54, 1.807) is 10.9 Å². The molecule has 0 aliphatic rings. The molecule has 0 unspecified atom stereocenters. The van der Waals surface area contributed by atoms with Gasteiger partial charge in [-0.25, -0.2) is 5.10 Å². The molecule has 1 aromatic carbocycles. The van der Waals surface area contributed by atoms with Crippen LogP contribution in [0.2, 0.25) is 0 Å². The third kappa shape index (κ3) is 3.75. The van der Waals surface area contributed by atoms with Crippen molar-refractivity contribution in [3.05, 3.63) is 56.9 Å². The summed E-state index contributed by atoms with van der Waals surface area (Å²) in [6.45, 7) is 8.29. The van der Waals surface area contributed by atoms with E-state index < -0.39 is 0 Å². The van der Waals surface area contributed by atoms with Crippen molar-refractivity contribution in [3.63, 3.8) is 0 Å². The highest BCUT2D eigenvalue weighted by molar-refractivity contribution is 7.71. The predicted octanol–water partition coefficient (Wildman–Crippen LogP) is 3.37. The number of benzene rings is 1. The van der Waals surface area contributed by atoms with E-state index in [1.807, 2.05) is 51.6 Å². The van der Waals surface area contributed by atoms with Gasteiger partial charge in [-0.05, 0) is 63.2 Å². The van der Waals surface area contributed by atoms with Crippen molar-refractivity contribution in [1.82, 2.24) is 24.7 Å². The maximum Gasteiger partial charge on any atom is 0.216 e. The molecule has 0 amide bonds. The van der Waals surface area contributed by atoms with Gasteiger partial charge in [0.1, 0.15) is 12.4 Å². The molecule has 0 spiro atoms. The molecule has 0 saturated carbocycles. The van der Waals surface area contributed by atoms with E-state index in [-0.39, 0.29) is 6.61 Å². The van der Waals surface area contributed by atoms with Gasteiger partial charge in [-0.15, -0.1) is 0 Å². The molecule has 3 aromatic rings. The average molecular weight is 370 g/mol. The van der Waals surface area contributed by atoms with Crippen LogP contribution in [-0.4, -0.2) is 30.9 Å². The van der Waals surface area contributed by atoms with E-state index in [4.69, 9.17) is 17.0 Å². The molecule has 7 nitrogen and oxygen atoms in total. The number of hydrogen-bond acceptors (Lipinski definition) is 5. The summed E-state index contributed by atoms with van der Waals surface area (Å²) in [6, 6.07) is 6.08. The standard InChI is InChI=1S/C18H22N6OS/c1-11-6-12(2)8-15(7-11)25-10-17-20-21-18(26)24(17)19-9-16-13(3)22-23(5)14(16)4/h6-9H,10H2,1-5H3,(H,21,26). The number of rotatable bonds is 5. The highest BCUT2D eigenvalue weighted by atomic mass is 32.1. The Kier molecular flexibility index (Phi) is 5.03. The van der Waals surface area contributed by atoms with Gasteiger partial charge in [0.05, 0.1) is 11.9 Å². The maximum atomic E-state index is 5.87. The second kappa shape index (κ2) is 7.25. The molecule has 0 atom stereocenters. The average Bonchev–Trinajstić information content (AvgIpc) is 3.03. The Morgan fingerprint density at radius 1 is 1.19 bits per heavy atom. The summed E-state index contributed by atoms with van der Waals surface area (Å²) in [6.07, 6.45) is 1.75. The number of H-pyrrole nitrogens is 1. The van der Waals surface area contributed by atoms with Crippen LogP contribution in [0.25, 0.3) is 0 Å². The number of nitrogens with one attached hydrogen (secondary N) is 1. The van der Waals surface area contributed by atoms with Crippen LogP contribution in [-0.2, 0) is 13.7 Å². The first kappa shape index (κ1) is 18.1. The topological polar surface area (TPSA) is 73.0 Å². The zero-order valence-corrected chi connectivity index (χ0v) is 16.4. The van der Waals surface area contributed by atoms with E-state index in [1.165, 1.54) is 0 Å². The van der Waals surface area contributed by atoms with Gasteiger partial charge in [0.15, 0.2) is 5.82 Å². The molecule has 0 fully saturated rings. The molecule has 136 valence electrons. The summed E-state index contributed by atoms with van der Waals surface area (Å²) in [7, 11) is 1.91. The molecule has 0 aliphatic heterocycles. The SMILES string of the molecule is Cc1cc(C)cc(OCc2n[nH]c(=S)n2N=Cc2c(C)nn(C)c2C)c1. The molecule has 0 aliphatic carbocycles. The third-order valence-corrected chi connectivity index (χ3v) is 4.41. The van der Waals surface area contributed by atoms with Gasteiger partial charge in [0, 0.05) is 18.3 Å². The fourth-order valence-electron chi connectivity index (χ4n) is 2.79. The minimum atomic E-state index is 0.262. The van der Waals surface area contributed by atoms with Gasteiger partial charge in [0.2, 0.25) is 4.77 Å². The van der Waals surface area contributed by atoms with Gasteiger partial charge < -0.3 is 4.74 Å². The van der Waals surface area contributed by atoms with Crippen LogP contribution >= 0.6 is 12.2 Å². The lowest BCUT2D eigenvalue weighted by atomic mass is 10.1. The van der Waals surface area contributed by atoms with Gasteiger partial charge in [-0.3, -0.25) is 4.68 Å². The van der Waals surface area contributed by atoms with Crippen LogP contribution in [0.4, 0.5) is 0 Å². The number of nitrogens with zero attached hydrogens (tertiary/aromatic N) is 5. The highest BCUT2D eigenvalue weighted by Crippen LogP contribution is 2.17. The van der Waals surface area contributed by atoms with Crippen LogP contribution in [0.5, 0.6) is 5.75 Å². The Balaban J connectivity index is 1.83. The van der Waals surface area contributed by atoms with Crippen LogP contribution in [0.3, 0.4) is 0 Å². The summed E-state index contributed by atoms with van der Waals surface area (Å²) >= 11 is 5.29. The minimum Gasteiger partial charge on any atom is -0.486 e. The van der Waals surface area contributed by atoms with Crippen molar-refractivity contribution < 1.29 is 4.74 Å². The third-order valence-electron chi connectivity index (χ3n) is 4.15. The fraction of sp³-hybridized carbons (Fsp3) is 0.333. The van der Waals surface area contributed by atoms with Gasteiger partial charge in [-0.1, -0.05) is 6.07 Å². The van der Waals surface area contributed by atoms with E-state index in [9.17, 15) is 0 Å². The molecule has 0 saturated heterocycles. The molecule has 3 rings (SSSR count). The number of ether oxygens (including phenoxy) is 1. The first-order valence-electron chi connectivity index (χ1n) is 8.27. The van der Waals surface area contributed by atoms with Crippen molar-refractivity contribution in [2.24, 2.45) is 12.1 Å². The second-order valence-electron chi connectivity index (χ2n) is 6.32. The summed E-state index contributed by atoms with van der Waals surface area (Å²) in [5.74, 6) is 1.40. The lowest BCUT2D eigenvalue weighted by Gasteiger charge is -2.07. The summed E-state index contributed by atoms with van der Waals surface area (Å²) in [5, 5.41) is 15.9. The summed E-state index contributed by atoms with van der Waals surface area (Å²) in [5.41, 5.74) is 5.22. The Morgan fingerprint density at radius 2 is 1.88 bits per heavy atom. The van der Waals surface area contributed by atoms with Crippen LogP contribution in [0.15, 0.2) is 23.3 Å². The predicted molar refractivity (Wildman–Crippen MR) is 103 cm³/mol. The van der Waals surface area contributed by atoms with Gasteiger partial charge in [-0.2, -0.15) is 20.0 Å². The second-order valence-corrected chi connectivity index (χ2v) is 6.71. The quantitative estimate of drug-likeness (QED) is 0.552. The van der Waals surface area contributed by atoms with Crippen molar-refractivity contribution in [2.45, 2.75) is 34.3 Å². The van der Waals surface area contributed by atoms with E-state index in [2.05, 4.69) is 26.5 Å². The van der Waals surface area contributed by atoms with Gasteiger partial charge >= 0.3 is 0 Å². The molecule has 1 N–H and O–H groups in total. The lowest BCUT2D eigenvalue weighted by Crippen LogP contribution is -2.05. The number of aromatic amines is 1. The molecule has 8 heteroatoms. The maximum absolute atomic E-state index is 5.87. The number of aromatic nitrogens is 5. The van der Waals surface area contributed by atoms with Crippen LogP contribution < -0.4 is 4.74 Å². The van der Waals surface area contributed by atoms with Crippen molar-refractivity contribution in [1.29, 1.82) is 0 Å². The zero-order valence-electron chi connectivity index (χ0n) is 15.6. The smallest absolute Gasteiger partial charge is 0.216 e. The normalized spacial score (nSPS) is 11.4. The number of hydrogen-bond donors (Lipinski definition) is 1. The molecular formula is C18H22N6OS. The molecule has 2 heterocycles. The Bertz CT molecular complexity index is 1010. The minimum absolute atomic E-state index is 0.262. The van der Waals surface area contributed by atoms with E-state index >= 15 is 0 Å². The molecule has 0 bridgehead atoms. The lowest BCUT2D eigenvalue weighted by molar-refractivity contribution is 0.290. The van der Waals surface area contributed by atoms with Crippen molar-refractivity contribution in [2.75, 3.05) is 0 Å². The molecule has 2 aromatic heterocycles. The first-order valence-corrected chi connectivity index (χ1v) is 8.68. The monoisotopic (exact) mass is 370 g/mol. The fourth-order valence-corrected chi connectivity index (χ4v) is 2.99. The van der Waals surface area contributed by atoms with E-state index in [0.29, 0.717) is 10.6 Å².